The molecule has 0 saturated carbocycles. The fraction of sp³-hybridized carbons (Fsp3) is 0.333. The van der Waals surface area contributed by atoms with E-state index in [4.69, 9.17) is 10.5 Å². The number of nitrogens with two attached hydrogens (primary N) is 1. The summed E-state index contributed by atoms with van der Waals surface area (Å²) >= 11 is 1.66. The van der Waals surface area contributed by atoms with Gasteiger partial charge in [0.1, 0.15) is 5.75 Å². The Morgan fingerprint density at radius 2 is 2.31 bits per heavy atom. The van der Waals surface area contributed by atoms with Crippen molar-refractivity contribution < 1.29 is 9.84 Å². The highest BCUT2D eigenvalue weighted by Gasteiger charge is 2.14. The summed E-state index contributed by atoms with van der Waals surface area (Å²) < 4.78 is 6.46. The minimum Gasteiger partial charge on any atom is -0.496 e. The Morgan fingerprint density at radius 3 is 3.00 bits per heavy atom. The second-order valence-electron chi connectivity index (χ2n) is 3.65. The normalized spacial score (nSPS) is 12.9. The summed E-state index contributed by atoms with van der Waals surface area (Å²) in [6.45, 7) is 0.464. The van der Waals surface area contributed by atoms with Gasteiger partial charge < -0.3 is 15.6 Å². The molecule has 86 valence electrons. The van der Waals surface area contributed by atoms with E-state index in [2.05, 4.69) is 0 Å². The van der Waals surface area contributed by atoms with Crippen molar-refractivity contribution in [1.29, 1.82) is 0 Å². The summed E-state index contributed by atoms with van der Waals surface area (Å²) in [6.07, 6.45) is -0.00400. The maximum Gasteiger partial charge on any atom is 0.126 e. The minimum atomic E-state index is -0.552. The van der Waals surface area contributed by atoms with Crippen LogP contribution in [0.4, 0.5) is 0 Å². The maximum atomic E-state index is 9.97. The van der Waals surface area contributed by atoms with E-state index in [1.165, 1.54) is 4.70 Å². The number of hydrogen-bond acceptors (Lipinski definition) is 4. The molecule has 0 amide bonds. The van der Waals surface area contributed by atoms with Crippen LogP contribution >= 0.6 is 11.3 Å². The monoisotopic (exact) mass is 237 g/mol. The zero-order valence-electron chi connectivity index (χ0n) is 9.14. The van der Waals surface area contributed by atoms with Crippen LogP contribution in [0.25, 0.3) is 10.1 Å². The number of methoxy groups -OCH3 is 1. The highest BCUT2D eigenvalue weighted by molar-refractivity contribution is 7.17. The highest BCUT2D eigenvalue weighted by Crippen LogP contribution is 2.33. The molecule has 2 rings (SSSR count). The van der Waals surface area contributed by atoms with E-state index in [1.807, 2.05) is 23.6 Å². The Kier molecular flexibility index (Phi) is 3.43. The van der Waals surface area contributed by atoms with Crippen molar-refractivity contribution in [3.63, 3.8) is 0 Å². The van der Waals surface area contributed by atoms with Crippen molar-refractivity contribution in [3.8, 4) is 5.75 Å². The SMILES string of the molecule is COc1cc2sccc2cc1C(O)CCN. The van der Waals surface area contributed by atoms with Gasteiger partial charge in [-0.2, -0.15) is 0 Å². The fourth-order valence-corrected chi connectivity index (χ4v) is 2.56. The molecule has 0 radical (unpaired) electrons. The van der Waals surface area contributed by atoms with Crippen molar-refractivity contribution in [2.24, 2.45) is 5.73 Å². The molecule has 0 aliphatic rings. The largest absolute Gasteiger partial charge is 0.496 e. The van der Waals surface area contributed by atoms with Gasteiger partial charge in [-0.25, -0.2) is 0 Å². The van der Waals surface area contributed by atoms with Crippen LogP contribution in [0.3, 0.4) is 0 Å². The van der Waals surface area contributed by atoms with Gasteiger partial charge in [-0.05, 0) is 41.9 Å². The molecule has 2 aromatic rings. The number of benzene rings is 1. The van der Waals surface area contributed by atoms with E-state index >= 15 is 0 Å². The minimum absolute atomic E-state index is 0.464. The second kappa shape index (κ2) is 4.82. The lowest BCUT2D eigenvalue weighted by Crippen LogP contribution is -2.07. The standard InChI is InChI=1S/C12H15NO2S/c1-15-11-7-12-8(3-5-16-12)6-9(11)10(14)2-4-13/h3,5-7,10,14H,2,4,13H2,1H3. The van der Waals surface area contributed by atoms with Crippen LogP contribution in [0.15, 0.2) is 23.6 Å². The summed E-state index contributed by atoms with van der Waals surface area (Å²) in [6, 6.07) is 5.98. The first-order valence-corrected chi connectivity index (χ1v) is 6.07. The van der Waals surface area contributed by atoms with Gasteiger partial charge in [0.05, 0.1) is 13.2 Å². The van der Waals surface area contributed by atoms with E-state index in [-0.39, 0.29) is 0 Å². The van der Waals surface area contributed by atoms with Crippen LogP contribution in [-0.2, 0) is 0 Å². The first-order valence-electron chi connectivity index (χ1n) is 5.19. The smallest absolute Gasteiger partial charge is 0.126 e. The van der Waals surface area contributed by atoms with Crippen LogP contribution in [-0.4, -0.2) is 18.8 Å². The van der Waals surface area contributed by atoms with Crippen molar-refractivity contribution in [3.05, 3.63) is 29.1 Å². The van der Waals surface area contributed by atoms with Crippen LogP contribution < -0.4 is 10.5 Å². The van der Waals surface area contributed by atoms with Gasteiger partial charge >= 0.3 is 0 Å². The topological polar surface area (TPSA) is 55.5 Å². The number of aliphatic hydroxyl groups excluding tert-OH is 1. The fourth-order valence-electron chi connectivity index (χ4n) is 1.76. The van der Waals surface area contributed by atoms with Gasteiger partial charge in [-0.1, -0.05) is 0 Å². The molecule has 0 fully saturated rings. The third-order valence-corrected chi connectivity index (χ3v) is 3.48. The molecule has 0 saturated heterocycles. The lowest BCUT2D eigenvalue weighted by Gasteiger charge is -2.14. The molecule has 4 heteroatoms. The Labute approximate surface area is 98.5 Å². The Hall–Kier alpha value is -1.10. The van der Waals surface area contributed by atoms with Gasteiger partial charge in [-0.15, -0.1) is 11.3 Å². The molecule has 0 aliphatic carbocycles. The van der Waals surface area contributed by atoms with E-state index in [1.54, 1.807) is 18.4 Å². The second-order valence-corrected chi connectivity index (χ2v) is 4.59. The van der Waals surface area contributed by atoms with Crippen LogP contribution in [0.1, 0.15) is 18.1 Å². The molecule has 0 spiro atoms. The summed E-state index contributed by atoms with van der Waals surface area (Å²) in [4.78, 5) is 0. The quantitative estimate of drug-likeness (QED) is 0.857. The number of rotatable bonds is 4. The third-order valence-electron chi connectivity index (χ3n) is 2.60. The number of thiophene rings is 1. The Morgan fingerprint density at radius 1 is 1.50 bits per heavy atom. The Bertz CT molecular complexity index is 481. The zero-order valence-corrected chi connectivity index (χ0v) is 9.96. The van der Waals surface area contributed by atoms with Gasteiger partial charge in [-0.3, -0.25) is 0 Å². The molecule has 3 N–H and O–H groups in total. The summed E-state index contributed by atoms with van der Waals surface area (Å²) in [5.74, 6) is 0.732. The van der Waals surface area contributed by atoms with Crippen LogP contribution in [0, 0.1) is 0 Å². The maximum absolute atomic E-state index is 9.97. The molecular weight excluding hydrogens is 222 g/mol. The van der Waals surface area contributed by atoms with Gasteiger partial charge in [0.15, 0.2) is 0 Å². The van der Waals surface area contributed by atoms with Crippen molar-refractivity contribution >= 4 is 21.4 Å². The molecule has 0 bridgehead atoms. The molecule has 1 unspecified atom stereocenters. The Balaban J connectivity index is 2.48. The number of hydrogen-bond donors (Lipinski definition) is 2. The lowest BCUT2D eigenvalue weighted by molar-refractivity contribution is 0.166. The highest BCUT2D eigenvalue weighted by atomic mass is 32.1. The first kappa shape index (κ1) is 11.4. The number of ether oxygens (including phenoxy) is 1. The third kappa shape index (κ3) is 2.04. The van der Waals surface area contributed by atoms with Gasteiger partial charge in [0, 0.05) is 10.3 Å². The van der Waals surface area contributed by atoms with E-state index < -0.39 is 6.10 Å². The number of aliphatic hydroxyl groups is 1. The molecule has 16 heavy (non-hydrogen) atoms. The average molecular weight is 237 g/mol. The van der Waals surface area contributed by atoms with Crippen molar-refractivity contribution in [1.82, 2.24) is 0 Å². The molecule has 1 atom stereocenters. The van der Waals surface area contributed by atoms with Crippen molar-refractivity contribution in [2.45, 2.75) is 12.5 Å². The molecule has 1 heterocycles. The van der Waals surface area contributed by atoms with E-state index in [9.17, 15) is 5.11 Å². The van der Waals surface area contributed by atoms with Crippen molar-refractivity contribution in [2.75, 3.05) is 13.7 Å². The average Bonchev–Trinajstić information content (AvgIpc) is 2.74. The van der Waals surface area contributed by atoms with Crippen LogP contribution in [0.2, 0.25) is 0 Å². The van der Waals surface area contributed by atoms with Gasteiger partial charge in [0.25, 0.3) is 0 Å². The van der Waals surface area contributed by atoms with E-state index in [0.29, 0.717) is 13.0 Å². The molecular formula is C12H15NO2S. The molecule has 1 aromatic carbocycles. The summed E-state index contributed by atoms with van der Waals surface area (Å²) in [5.41, 5.74) is 6.27. The van der Waals surface area contributed by atoms with Gasteiger partial charge in [0.2, 0.25) is 0 Å². The summed E-state index contributed by atoms with van der Waals surface area (Å²) in [5, 5.41) is 13.1. The van der Waals surface area contributed by atoms with Crippen LogP contribution in [0.5, 0.6) is 5.75 Å². The molecule has 3 nitrogen and oxygen atoms in total. The zero-order chi connectivity index (χ0) is 11.5. The van der Waals surface area contributed by atoms with E-state index in [0.717, 1.165) is 16.7 Å². The molecule has 1 aromatic heterocycles. The summed E-state index contributed by atoms with van der Waals surface area (Å²) in [7, 11) is 1.62. The predicted molar refractivity (Wildman–Crippen MR) is 67.0 cm³/mol. The predicted octanol–water partition coefficient (Wildman–Crippen LogP) is 2.29. The molecule has 0 aliphatic heterocycles. The first-order chi connectivity index (χ1) is 7.76. The number of fused-ring (bicyclic) bond motifs is 1. The lowest BCUT2D eigenvalue weighted by atomic mass is 10.0.